The van der Waals surface area contributed by atoms with Crippen LogP contribution in [0.2, 0.25) is 0 Å². The third-order valence-corrected chi connectivity index (χ3v) is 4.40. The van der Waals surface area contributed by atoms with Crippen molar-refractivity contribution in [3.8, 4) is 5.75 Å². The molecule has 1 amide bonds. The van der Waals surface area contributed by atoms with Crippen LogP contribution in [-0.4, -0.2) is 28.6 Å². The van der Waals surface area contributed by atoms with Gasteiger partial charge in [0, 0.05) is 13.1 Å². The minimum atomic E-state index is -0.120. The van der Waals surface area contributed by atoms with Crippen molar-refractivity contribution in [1.29, 1.82) is 0 Å². The number of imidazole rings is 1. The molecule has 1 aromatic heterocycles. The van der Waals surface area contributed by atoms with Crippen molar-refractivity contribution in [2.24, 2.45) is 0 Å². The third-order valence-electron chi connectivity index (χ3n) is 4.40. The predicted octanol–water partition coefficient (Wildman–Crippen LogP) is 3.66. The van der Waals surface area contributed by atoms with Crippen LogP contribution < -0.4 is 10.1 Å². The summed E-state index contributed by atoms with van der Waals surface area (Å²) in [5.74, 6) is 1.95. The van der Waals surface area contributed by atoms with Gasteiger partial charge in [0.2, 0.25) is 0 Å². The van der Waals surface area contributed by atoms with E-state index >= 15 is 0 Å². The molecule has 3 rings (SSSR count). The number of hydrogen-bond donors (Lipinski definition) is 1. The van der Waals surface area contributed by atoms with E-state index in [1.807, 2.05) is 55.5 Å². The number of amides is 1. The van der Waals surface area contributed by atoms with Gasteiger partial charge in [-0.1, -0.05) is 44.2 Å². The second-order valence-electron chi connectivity index (χ2n) is 6.63. The van der Waals surface area contributed by atoms with E-state index in [0.717, 1.165) is 28.2 Å². The lowest BCUT2D eigenvalue weighted by molar-refractivity contribution is -0.123. The van der Waals surface area contributed by atoms with Gasteiger partial charge in [-0.15, -0.1) is 0 Å². The highest BCUT2D eigenvalue weighted by molar-refractivity contribution is 5.78. The molecule has 0 fully saturated rings. The molecule has 0 bridgehead atoms. The van der Waals surface area contributed by atoms with Crippen LogP contribution in [0.25, 0.3) is 11.0 Å². The largest absolute Gasteiger partial charge is 0.483 e. The molecule has 0 spiro atoms. The zero-order valence-electron chi connectivity index (χ0n) is 15.5. The highest BCUT2D eigenvalue weighted by atomic mass is 16.5. The van der Waals surface area contributed by atoms with Crippen molar-refractivity contribution in [2.75, 3.05) is 13.2 Å². The molecular formula is C21H25N3O2. The van der Waals surface area contributed by atoms with Crippen molar-refractivity contribution in [2.45, 2.75) is 33.2 Å². The van der Waals surface area contributed by atoms with E-state index in [-0.39, 0.29) is 12.5 Å². The molecule has 0 saturated carbocycles. The number of nitrogens with zero attached hydrogens (tertiary/aromatic N) is 2. The molecule has 0 radical (unpaired) electrons. The van der Waals surface area contributed by atoms with Gasteiger partial charge in [0.05, 0.1) is 11.0 Å². The lowest BCUT2D eigenvalue weighted by Gasteiger charge is -2.14. The van der Waals surface area contributed by atoms with Gasteiger partial charge in [-0.3, -0.25) is 4.79 Å². The lowest BCUT2D eigenvalue weighted by atomic mass is 10.0. The number of ether oxygens (including phenoxy) is 1. The van der Waals surface area contributed by atoms with E-state index in [1.165, 1.54) is 0 Å². The van der Waals surface area contributed by atoms with Crippen molar-refractivity contribution < 1.29 is 9.53 Å². The Morgan fingerprint density at radius 2 is 1.88 bits per heavy atom. The summed E-state index contributed by atoms with van der Waals surface area (Å²) in [7, 11) is 0. The molecule has 136 valence electrons. The van der Waals surface area contributed by atoms with Gasteiger partial charge in [0.1, 0.15) is 11.6 Å². The Kier molecular flexibility index (Phi) is 5.56. The van der Waals surface area contributed by atoms with Crippen LogP contribution in [-0.2, 0) is 11.3 Å². The van der Waals surface area contributed by atoms with Gasteiger partial charge in [-0.05, 0) is 36.6 Å². The quantitative estimate of drug-likeness (QED) is 0.707. The first-order chi connectivity index (χ1) is 12.6. The molecule has 0 aliphatic carbocycles. The van der Waals surface area contributed by atoms with E-state index in [0.29, 0.717) is 19.0 Å². The number of rotatable bonds is 7. The fourth-order valence-electron chi connectivity index (χ4n) is 3.07. The summed E-state index contributed by atoms with van der Waals surface area (Å²) in [6.07, 6.45) is 0. The van der Waals surface area contributed by atoms with Crippen molar-refractivity contribution in [3.05, 3.63) is 59.9 Å². The average molecular weight is 351 g/mol. The lowest BCUT2D eigenvalue weighted by Crippen LogP contribution is -2.31. The second kappa shape index (κ2) is 8.04. The van der Waals surface area contributed by atoms with Crippen molar-refractivity contribution >= 4 is 16.9 Å². The Bertz CT molecular complexity index is 899. The fourth-order valence-corrected chi connectivity index (χ4v) is 3.07. The first kappa shape index (κ1) is 18.0. The first-order valence-corrected chi connectivity index (χ1v) is 8.96. The summed E-state index contributed by atoms with van der Waals surface area (Å²) in [5.41, 5.74) is 3.17. The van der Waals surface area contributed by atoms with Crippen molar-refractivity contribution in [1.82, 2.24) is 14.9 Å². The van der Waals surface area contributed by atoms with Gasteiger partial charge in [0.15, 0.2) is 6.61 Å². The summed E-state index contributed by atoms with van der Waals surface area (Å²) in [5, 5.41) is 2.92. The van der Waals surface area contributed by atoms with Gasteiger partial charge in [-0.2, -0.15) is 0 Å². The van der Waals surface area contributed by atoms with Gasteiger partial charge < -0.3 is 14.6 Å². The standard InChI is InChI=1S/C21H25N3O2/c1-15(2)17-8-4-7-11-20(17)26-14-21(25)22-12-13-24-16(3)23-18-9-5-6-10-19(18)24/h4-11,15H,12-14H2,1-3H3,(H,22,25). The SMILES string of the molecule is Cc1nc2ccccc2n1CCNC(=O)COc1ccccc1C(C)C. The number of aryl methyl sites for hydroxylation is 1. The predicted molar refractivity (Wildman–Crippen MR) is 104 cm³/mol. The van der Waals surface area contributed by atoms with Gasteiger partial charge in [0.25, 0.3) is 5.91 Å². The van der Waals surface area contributed by atoms with E-state index in [1.54, 1.807) is 0 Å². The summed E-state index contributed by atoms with van der Waals surface area (Å²) in [6, 6.07) is 15.9. The van der Waals surface area contributed by atoms with Crippen LogP contribution in [0.3, 0.4) is 0 Å². The molecule has 26 heavy (non-hydrogen) atoms. The number of para-hydroxylation sites is 3. The number of benzene rings is 2. The molecule has 3 aromatic rings. The minimum Gasteiger partial charge on any atom is -0.483 e. The van der Waals surface area contributed by atoms with Gasteiger partial charge >= 0.3 is 0 Å². The second-order valence-corrected chi connectivity index (χ2v) is 6.63. The number of aromatic nitrogens is 2. The van der Waals surface area contributed by atoms with E-state index < -0.39 is 0 Å². The number of carbonyl (C=O) groups excluding carboxylic acids is 1. The van der Waals surface area contributed by atoms with Crippen LogP contribution >= 0.6 is 0 Å². The molecule has 0 aliphatic rings. The maximum Gasteiger partial charge on any atom is 0.258 e. The normalized spacial score (nSPS) is 11.1. The zero-order chi connectivity index (χ0) is 18.5. The average Bonchev–Trinajstić information content (AvgIpc) is 2.95. The van der Waals surface area contributed by atoms with Gasteiger partial charge in [-0.25, -0.2) is 4.98 Å². The maximum atomic E-state index is 12.1. The minimum absolute atomic E-state index is 0.0212. The highest BCUT2D eigenvalue weighted by Crippen LogP contribution is 2.25. The van der Waals surface area contributed by atoms with Crippen LogP contribution in [0, 0.1) is 6.92 Å². The summed E-state index contributed by atoms with van der Waals surface area (Å²) >= 11 is 0. The molecule has 1 N–H and O–H groups in total. The highest BCUT2D eigenvalue weighted by Gasteiger charge is 2.10. The summed E-state index contributed by atoms with van der Waals surface area (Å²) in [4.78, 5) is 16.7. The number of nitrogens with one attached hydrogen (secondary N) is 1. The number of carbonyl (C=O) groups is 1. The topological polar surface area (TPSA) is 56.2 Å². The Hall–Kier alpha value is -2.82. The Labute approximate surface area is 154 Å². The van der Waals surface area contributed by atoms with Crippen LogP contribution in [0.4, 0.5) is 0 Å². The molecule has 5 nitrogen and oxygen atoms in total. The van der Waals surface area contributed by atoms with Crippen LogP contribution in [0.1, 0.15) is 31.2 Å². The van der Waals surface area contributed by atoms with Crippen molar-refractivity contribution in [3.63, 3.8) is 0 Å². The maximum absolute atomic E-state index is 12.1. The van der Waals surface area contributed by atoms with Crippen LogP contribution in [0.5, 0.6) is 5.75 Å². The third kappa shape index (κ3) is 4.04. The van der Waals surface area contributed by atoms with E-state index in [9.17, 15) is 4.79 Å². The molecule has 2 aromatic carbocycles. The molecule has 5 heteroatoms. The number of fused-ring (bicyclic) bond motifs is 1. The molecule has 0 unspecified atom stereocenters. The van der Waals surface area contributed by atoms with Crippen LogP contribution in [0.15, 0.2) is 48.5 Å². The number of hydrogen-bond acceptors (Lipinski definition) is 3. The molecular weight excluding hydrogens is 326 g/mol. The Balaban J connectivity index is 1.53. The fraction of sp³-hybridized carbons (Fsp3) is 0.333. The smallest absolute Gasteiger partial charge is 0.258 e. The zero-order valence-corrected chi connectivity index (χ0v) is 15.5. The first-order valence-electron chi connectivity index (χ1n) is 8.96. The molecule has 0 saturated heterocycles. The Morgan fingerprint density at radius 1 is 1.15 bits per heavy atom. The summed E-state index contributed by atoms with van der Waals surface area (Å²) < 4.78 is 7.83. The van der Waals surface area contributed by atoms with E-state index in [4.69, 9.17) is 4.74 Å². The molecule has 0 aliphatic heterocycles. The molecule has 0 atom stereocenters. The Morgan fingerprint density at radius 3 is 2.69 bits per heavy atom. The monoisotopic (exact) mass is 351 g/mol. The van der Waals surface area contributed by atoms with E-state index in [2.05, 4.69) is 28.7 Å². The summed E-state index contributed by atoms with van der Waals surface area (Å²) in [6.45, 7) is 7.44. The molecule has 1 heterocycles.